The summed E-state index contributed by atoms with van der Waals surface area (Å²) in [5.41, 5.74) is -0.139. The maximum absolute atomic E-state index is 12.9. The third-order valence-corrected chi connectivity index (χ3v) is 5.03. The smallest absolute Gasteiger partial charge is 0.334 e. The molecule has 0 aromatic heterocycles. The lowest BCUT2D eigenvalue weighted by Gasteiger charge is -2.37. The molecule has 0 aromatic rings. The van der Waals surface area contributed by atoms with Crippen molar-refractivity contribution in [3.05, 3.63) is 0 Å². The highest BCUT2D eigenvalue weighted by Gasteiger charge is 2.41. The van der Waals surface area contributed by atoms with E-state index >= 15 is 0 Å². The molecule has 0 spiro atoms. The Hall–Kier alpha value is -1.28. The van der Waals surface area contributed by atoms with Crippen molar-refractivity contribution in [3.63, 3.8) is 0 Å². The number of thioether (sulfide) groups is 1. The van der Waals surface area contributed by atoms with Crippen LogP contribution < -0.4 is 0 Å². The van der Waals surface area contributed by atoms with Gasteiger partial charge in [-0.2, -0.15) is 0 Å². The van der Waals surface area contributed by atoms with Crippen molar-refractivity contribution in [2.45, 2.75) is 52.4 Å². The first-order chi connectivity index (χ1) is 11.1. The second-order valence-corrected chi connectivity index (χ2v) is 8.63. The van der Waals surface area contributed by atoms with E-state index in [1.165, 1.54) is 4.90 Å². The highest BCUT2D eigenvalue weighted by molar-refractivity contribution is 7.99. The van der Waals surface area contributed by atoms with Gasteiger partial charge >= 0.3 is 5.97 Å². The van der Waals surface area contributed by atoms with Crippen LogP contribution in [0.15, 0.2) is 0 Å². The molecule has 0 saturated carbocycles. The maximum Gasteiger partial charge on any atom is 0.334 e. The molecular weight excluding hydrogens is 332 g/mol. The summed E-state index contributed by atoms with van der Waals surface area (Å²) in [5, 5.41) is 9.16. The van der Waals surface area contributed by atoms with Gasteiger partial charge < -0.3 is 19.6 Å². The van der Waals surface area contributed by atoms with E-state index in [1.807, 2.05) is 20.8 Å². The summed E-state index contributed by atoms with van der Waals surface area (Å²) in [6.45, 7) is 8.11. The quantitative estimate of drug-likeness (QED) is 0.811. The van der Waals surface area contributed by atoms with Crippen LogP contribution in [0.1, 0.15) is 34.1 Å². The minimum Gasteiger partial charge on any atom is -0.479 e. The summed E-state index contributed by atoms with van der Waals surface area (Å²) in [7, 11) is 0. The number of amides is 2. The molecule has 2 unspecified atom stereocenters. The number of carbonyl (C=O) groups is 3. The molecule has 2 rings (SSSR count). The first kappa shape index (κ1) is 19.1. The summed E-state index contributed by atoms with van der Waals surface area (Å²) < 4.78 is 5.35. The van der Waals surface area contributed by atoms with Gasteiger partial charge in [0.15, 0.2) is 6.10 Å². The topological polar surface area (TPSA) is 87.2 Å². The normalized spacial score (nSPS) is 28.1. The fraction of sp³-hybridized carbons (Fsp3) is 0.812. The van der Waals surface area contributed by atoms with Gasteiger partial charge in [0.25, 0.3) is 0 Å². The summed E-state index contributed by atoms with van der Waals surface area (Å²) in [4.78, 5) is 39.7. The number of rotatable bonds is 3. The van der Waals surface area contributed by atoms with Crippen LogP contribution in [0.5, 0.6) is 0 Å². The highest BCUT2D eigenvalue weighted by atomic mass is 32.2. The van der Waals surface area contributed by atoms with Crippen LogP contribution in [0.2, 0.25) is 0 Å². The monoisotopic (exact) mass is 358 g/mol. The Morgan fingerprint density at radius 1 is 1.25 bits per heavy atom. The molecule has 8 heteroatoms. The molecule has 24 heavy (non-hydrogen) atoms. The summed E-state index contributed by atoms with van der Waals surface area (Å²) >= 11 is 1.55. The van der Waals surface area contributed by atoms with Crippen LogP contribution in [-0.2, 0) is 19.1 Å². The lowest BCUT2D eigenvalue weighted by molar-refractivity contribution is -0.168. The van der Waals surface area contributed by atoms with Gasteiger partial charge in [-0.15, -0.1) is 11.8 Å². The predicted octanol–water partition coefficient (Wildman–Crippen LogP) is 1.02. The zero-order valence-electron chi connectivity index (χ0n) is 14.7. The van der Waals surface area contributed by atoms with E-state index in [0.717, 1.165) is 0 Å². The summed E-state index contributed by atoms with van der Waals surface area (Å²) in [6.07, 6.45) is -0.962. The molecule has 0 aromatic carbocycles. The molecule has 1 N–H and O–H groups in total. The van der Waals surface area contributed by atoms with Crippen molar-refractivity contribution in [3.8, 4) is 0 Å². The molecule has 3 atom stereocenters. The third kappa shape index (κ3) is 4.63. The van der Waals surface area contributed by atoms with Gasteiger partial charge in [-0.05, 0) is 12.3 Å². The molecule has 2 heterocycles. The van der Waals surface area contributed by atoms with Gasteiger partial charge in [-0.3, -0.25) is 9.59 Å². The zero-order chi connectivity index (χ0) is 18.1. The van der Waals surface area contributed by atoms with Crippen LogP contribution in [0, 0.1) is 5.41 Å². The van der Waals surface area contributed by atoms with Gasteiger partial charge in [0.1, 0.15) is 6.04 Å². The van der Waals surface area contributed by atoms with Crippen molar-refractivity contribution in [2.75, 3.05) is 24.7 Å². The van der Waals surface area contributed by atoms with Crippen molar-refractivity contribution in [1.82, 2.24) is 9.80 Å². The lowest BCUT2D eigenvalue weighted by atomic mass is 9.91. The third-order valence-electron chi connectivity index (χ3n) is 4.02. The number of carboxylic acid groups (broad SMARTS) is 1. The molecule has 136 valence electrons. The summed E-state index contributed by atoms with van der Waals surface area (Å²) in [6, 6.07) is -0.510. The molecule has 2 saturated heterocycles. The largest absolute Gasteiger partial charge is 0.479 e. The Labute approximate surface area is 146 Å². The molecule has 2 aliphatic rings. The van der Waals surface area contributed by atoms with E-state index in [2.05, 4.69) is 0 Å². The summed E-state index contributed by atoms with van der Waals surface area (Å²) in [5.74, 6) is -0.211. The molecule has 0 aliphatic carbocycles. The van der Waals surface area contributed by atoms with Crippen LogP contribution >= 0.6 is 11.8 Å². The van der Waals surface area contributed by atoms with Gasteiger partial charge in [0.2, 0.25) is 11.8 Å². The predicted molar refractivity (Wildman–Crippen MR) is 90.6 cm³/mol. The lowest BCUT2D eigenvalue weighted by Crippen LogP contribution is -2.57. The van der Waals surface area contributed by atoms with Crippen molar-refractivity contribution >= 4 is 29.5 Å². The van der Waals surface area contributed by atoms with E-state index in [1.54, 1.807) is 23.6 Å². The Morgan fingerprint density at radius 2 is 1.92 bits per heavy atom. The van der Waals surface area contributed by atoms with Crippen LogP contribution in [0.4, 0.5) is 0 Å². The van der Waals surface area contributed by atoms with Crippen LogP contribution in [0.25, 0.3) is 0 Å². The first-order valence-corrected chi connectivity index (χ1v) is 9.28. The van der Waals surface area contributed by atoms with Gasteiger partial charge in [-0.1, -0.05) is 20.8 Å². The van der Waals surface area contributed by atoms with E-state index in [-0.39, 0.29) is 29.9 Å². The fourth-order valence-corrected chi connectivity index (χ4v) is 4.10. The number of ether oxygens (including phenoxy) is 1. The minimum atomic E-state index is -1.07. The Bertz CT molecular complexity index is 519. The molecule has 2 amide bonds. The number of hydrogen-bond acceptors (Lipinski definition) is 5. The highest BCUT2D eigenvalue weighted by Crippen LogP contribution is 2.28. The average Bonchev–Trinajstić information content (AvgIpc) is 2.93. The molecule has 2 fully saturated rings. The second-order valence-electron chi connectivity index (χ2n) is 7.63. The Morgan fingerprint density at radius 3 is 2.50 bits per heavy atom. The number of carbonyl (C=O) groups excluding carboxylic acids is 2. The van der Waals surface area contributed by atoms with Crippen molar-refractivity contribution in [1.29, 1.82) is 0 Å². The van der Waals surface area contributed by atoms with Gasteiger partial charge in [0.05, 0.1) is 18.5 Å². The van der Waals surface area contributed by atoms with Gasteiger partial charge in [0, 0.05) is 18.7 Å². The van der Waals surface area contributed by atoms with Crippen molar-refractivity contribution < 1.29 is 24.2 Å². The standard InChI is InChI=1S/C16H26N2O5S/c1-10-6-17(7-12(23-10)15(21)22)14(20)11-8-24-9-18(11)13(19)5-16(2,3)4/h10-12H,5-9H2,1-4H3,(H,21,22)/t10-,11?,12?/m1/s1. The number of morpholine rings is 1. The number of carboxylic acids is 1. The molecular formula is C16H26N2O5S. The fourth-order valence-electron chi connectivity index (χ4n) is 2.93. The maximum atomic E-state index is 12.9. The number of aliphatic carboxylic acids is 1. The number of nitrogens with zero attached hydrogens (tertiary/aromatic N) is 2. The number of hydrogen-bond donors (Lipinski definition) is 1. The molecule has 0 bridgehead atoms. The van der Waals surface area contributed by atoms with E-state index in [0.29, 0.717) is 24.6 Å². The first-order valence-electron chi connectivity index (χ1n) is 8.13. The SMILES string of the molecule is C[C@@H]1CN(C(=O)C2CSCN2C(=O)CC(C)(C)C)CC(C(=O)O)O1. The van der Waals surface area contributed by atoms with Crippen molar-refractivity contribution in [2.24, 2.45) is 5.41 Å². The minimum absolute atomic E-state index is 0.0260. The Balaban J connectivity index is 2.07. The van der Waals surface area contributed by atoms with Gasteiger partial charge in [-0.25, -0.2) is 4.79 Å². The Kier molecular flexibility index (Phi) is 5.80. The second kappa shape index (κ2) is 7.31. The van der Waals surface area contributed by atoms with E-state index in [9.17, 15) is 14.4 Å². The average molecular weight is 358 g/mol. The molecule has 0 radical (unpaired) electrons. The van der Waals surface area contributed by atoms with E-state index in [4.69, 9.17) is 9.84 Å². The van der Waals surface area contributed by atoms with E-state index < -0.39 is 18.1 Å². The molecule has 2 aliphatic heterocycles. The van der Waals surface area contributed by atoms with Crippen LogP contribution in [0.3, 0.4) is 0 Å². The molecule has 7 nitrogen and oxygen atoms in total. The van der Waals surface area contributed by atoms with Crippen LogP contribution in [-0.4, -0.2) is 75.7 Å². The zero-order valence-corrected chi connectivity index (χ0v) is 15.5.